The van der Waals surface area contributed by atoms with Gasteiger partial charge in [0.05, 0.1) is 6.20 Å². The number of nitrogens with zero attached hydrogens (tertiary/aromatic N) is 5. The lowest BCUT2D eigenvalue weighted by molar-refractivity contribution is -0.121. The van der Waals surface area contributed by atoms with E-state index in [1.165, 1.54) is 10.4 Å². The first-order chi connectivity index (χ1) is 14.7. The van der Waals surface area contributed by atoms with E-state index >= 15 is 0 Å². The van der Waals surface area contributed by atoms with Gasteiger partial charge in [0.1, 0.15) is 5.69 Å². The Hall–Kier alpha value is -2.65. The van der Waals surface area contributed by atoms with Crippen molar-refractivity contribution in [3.63, 3.8) is 0 Å². The van der Waals surface area contributed by atoms with Gasteiger partial charge < -0.3 is 9.84 Å². The van der Waals surface area contributed by atoms with E-state index in [0.717, 1.165) is 38.9 Å². The molecule has 0 aromatic carbocycles. The lowest BCUT2D eigenvalue weighted by atomic mass is 9.99. The molecule has 0 aliphatic carbocycles. The molecule has 4 rings (SSSR count). The maximum Gasteiger partial charge on any atom is 0.230 e. The highest BCUT2D eigenvalue weighted by Crippen LogP contribution is 2.26. The number of rotatable bonds is 4. The van der Waals surface area contributed by atoms with Gasteiger partial charge in [0.2, 0.25) is 17.6 Å². The molecule has 8 nitrogen and oxygen atoms in total. The minimum atomic E-state index is 0.0920. The molecule has 1 fully saturated rings. The largest absolute Gasteiger partial charge is 0.356 e. The van der Waals surface area contributed by atoms with Gasteiger partial charge in [0.15, 0.2) is 0 Å². The molecule has 1 atom stereocenters. The van der Waals surface area contributed by atoms with Crippen molar-refractivity contribution >= 4 is 17.2 Å². The van der Waals surface area contributed by atoms with Crippen molar-refractivity contribution in [2.45, 2.75) is 45.1 Å². The topological polar surface area (TPSA) is 97.0 Å². The number of aryl methyl sites for hydroxylation is 1. The molecule has 30 heavy (non-hydrogen) atoms. The van der Waals surface area contributed by atoms with Gasteiger partial charge in [-0.2, -0.15) is 4.98 Å². The van der Waals surface area contributed by atoms with Crippen molar-refractivity contribution in [1.82, 2.24) is 30.3 Å². The van der Waals surface area contributed by atoms with Gasteiger partial charge in [0, 0.05) is 49.2 Å². The molecule has 1 saturated heterocycles. The van der Waals surface area contributed by atoms with Crippen LogP contribution in [0.5, 0.6) is 0 Å². The van der Waals surface area contributed by atoms with Gasteiger partial charge in [0.25, 0.3) is 0 Å². The molecule has 1 N–H and O–H groups in total. The third-order valence-electron chi connectivity index (χ3n) is 5.42. The van der Waals surface area contributed by atoms with Crippen LogP contribution in [0.3, 0.4) is 0 Å². The maximum atomic E-state index is 12.3. The molecule has 1 aliphatic rings. The van der Waals surface area contributed by atoms with E-state index in [2.05, 4.69) is 48.7 Å². The zero-order valence-electron chi connectivity index (χ0n) is 17.1. The smallest absolute Gasteiger partial charge is 0.230 e. The number of carbonyl (C=O) groups is 1. The Labute approximate surface area is 179 Å². The molecule has 4 heterocycles. The minimum absolute atomic E-state index is 0.0920. The predicted octanol–water partition coefficient (Wildman–Crippen LogP) is 3.17. The van der Waals surface area contributed by atoms with Crippen LogP contribution in [0.25, 0.3) is 11.5 Å². The van der Waals surface area contributed by atoms with Gasteiger partial charge in [-0.25, -0.2) is 4.98 Å². The monoisotopic (exact) mass is 426 g/mol. The average Bonchev–Trinajstić information content (AvgIpc) is 3.40. The zero-order valence-corrected chi connectivity index (χ0v) is 17.9. The number of thiophene rings is 1. The van der Waals surface area contributed by atoms with Crippen LogP contribution in [-0.2, 0) is 11.3 Å². The second-order valence-electron chi connectivity index (χ2n) is 7.58. The fourth-order valence-corrected chi connectivity index (χ4v) is 4.59. The minimum Gasteiger partial charge on any atom is -0.356 e. The lowest BCUT2D eigenvalue weighted by Gasteiger charge is -2.22. The summed E-state index contributed by atoms with van der Waals surface area (Å²) in [6, 6.07) is 2.15. The summed E-state index contributed by atoms with van der Waals surface area (Å²) in [6.45, 7) is 5.35. The SMILES string of the molecule is Cc1ccsc1CN1CCCC(c2nc(-c3cnccn3)no2)CCNC(=O)CC1. The summed E-state index contributed by atoms with van der Waals surface area (Å²) < 4.78 is 5.56. The Morgan fingerprint density at radius 1 is 1.30 bits per heavy atom. The van der Waals surface area contributed by atoms with Gasteiger partial charge >= 0.3 is 0 Å². The number of hydrogen-bond acceptors (Lipinski definition) is 8. The van der Waals surface area contributed by atoms with Crippen molar-refractivity contribution < 1.29 is 9.32 Å². The van der Waals surface area contributed by atoms with Crippen LogP contribution < -0.4 is 5.32 Å². The first-order valence-corrected chi connectivity index (χ1v) is 11.2. The van der Waals surface area contributed by atoms with E-state index in [4.69, 9.17) is 4.52 Å². The molecule has 3 aromatic heterocycles. The van der Waals surface area contributed by atoms with Crippen LogP contribution in [0.15, 0.2) is 34.6 Å². The van der Waals surface area contributed by atoms with Crippen molar-refractivity contribution in [1.29, 1.82) is 0 Å². The highest BCUT2D eigenvalue weighted by Gasteiger charge is 2.22. The molecular formula is C21H26N6O2S. The first-order valence-electron chi connectivity index (χ1n) is 10.3. The van der Waals surface area contributed by atoms with Gasteiger partial charge in [-0.05, 0) is 49.7 Å². The number of amides is 1. The molecule has 9 heteroatoms. The molecule has 3 aromatic rings. The first kappa shape index (κ1) is 20.6. The quantitative estimate of drug-likeness (QED) is 0.684. The second-order valence-corrected chi connectivity index (χ2v) is 8.58. The Morgan fingerprint density at radius 2 is 2.23 bits per heavy atom. The molecule has 0 spiro atoms. The van der Waals surface area contributed by atoms with Gasteiger partial charge in [-0.3, -0.25) is 14.7 Å². The molecular weight excluding hydrogens is 400 g/mol. The third kappa shape index (κ3) is 5.28. The summed E-state index contributed by atoms with van der Waals surface area (Å²) in [7, 11) is 0. The van der Waals surface area contributed by atoms with E-state index in [9.17, 15) is 4.79 Å². The molecule has 0 saturated carbocycles. The molecule has 1 aliphatic heterocycles. The fourth-order valence-electron chi connectivity index (χ4n) is 3.65. The summed E-state index contributed by atoms with van der Waals surface area (Å²) in [4.78, 5) is 28.9. The van der Waals surface area contributed by atoms with Crippen molar-refractivity contribution in [2.75, 3.05) is 19.6 Å². The summed E-state index contributed by atoms with van der Waals surface area (Å²) in [5, 5.41) is 9.24. The van der Waals surface area contributed by atoms with E-state index in [-0.39, 0.29) is 11.8 Å². The Balaban J connectivity index is 1.44. The Morgan fingerprint density at radius 3 is 3.03 bits per heavy atom. The normalized spacial score (nSPS) is 19.2. The van der Waals surface area contributed by atoms with Crippen molar-refractivity contribution in [3.8, 4) is 11.5 Å². The van der Waals surface area contributed by atoms with Gasteiger partial charge in [-0.1, -0.05) is 5.16 Å². The maximum absolute atomic E-state index is 12.3. The van der Waals surface area contributed by atoms with Crippen LogP contribution in [0.2, 0.25) is 0 Å². The van der Waals surface area contributed by atoms with Crippen LogP contribution in [0.1, 0.15) is 47.9 Å². The third-order valence-corrected chi connectivity index (χ3v) is 6.42. The highest BCUT2D eigenvalue weighted by atomic mass is 32.1. The molecule has 1 unspecified atom stereocenters. The van der Waals surface area contributed by atoms with Crippen LogP contribution >= 0.6 is 11.3 Å². The standard InChI is InChI=1S/C21H26N6O2S/c1-15-6-12-30-18(15)14-27-10-2-3-16(4-7-24-19(28)5-11-27)21-25-20(26-29-21)17-13-22-8-9-23-17/h6,8-9,12-13,16H,2-5,7,10-11,14H2,1H3,(H,24,28). The van der Waals surface area contributed by atoms with E-state index < -0.39 is 0 Å². The number of nitrogens with one attached hydrogen (secondary N) is 1. The number of carbonyl (C=O) groups excluding carboxylic acids is 1. The predicted molar refractivity (Wildman–Crippen MR) is 114 cm³/mol. The zero-order chi connectivity index (χ0) is 20.8. The Kier molecular flexibility index (Phi) is 6.81. The summed E-state index contributed by atoms with van der Waals surface area (Å²) in [6.07, 6.45) is 8.07. The van der Waals surface area contributed by atoms with Crippen LogP contribution in [0.4, 0.5) is 0 Å². The summed E-state index contributed by atoms with van der Waals surface area (Å²) in [5.41, 5.74) is 1.91. The van der Waals surface area contributed by atoms with Crippen LogP contribution in [0, 0.1) is 6.92 Å². The molecule has 0 bridgehead atoms. The van der Waals surface area contributed by atoms with Crippen molar-refractivity contribution in [3.05, 3.63) is 46.4 Å². The highest BCUT2D eigenvalue weighted by molar-refractivity contribution is 7.10. The van der Waals surface area contributed by atoms with E-state index in [1.807, 2.05) is 0 Å². The van der Waals surface area contributed by atoms with E-state index in [0.29, 0.717) is 30.4 Å². The summed E-state index contributed by atoms with van der Waals surface area (Å²) >= 11 is 1.78. The second kappa shape index (κ2) is 9.90. The summed E-state index contributed by atoms with van der Waals surface area (Å²) in [5.74, 6) is 1.25. The lowest BCUT2D eigenvalue weighted by Crippen LogP contribution is -2.31. The Bertz CT molecular complexity index is 957. The average molecular weight is 427 g/mol. The number of hydrogen-bond donors (Lipinski definition) is 1. The fraction of sp³-hybridized carbons (Fsp3) is 0.476. The molecule has 0 radical (unpaired) electrons. The van der Waals surface area contributed by atoms with E-state index in [1.54, 1.807) is 29.9 Å². The molecule has 1 amide bonds. The molecule has 158 valence electrons. The van der Waals surface area contributed by atoms with Crippen molar-refractivity contribution in [2.24, 2.45) is 0 Å². The van der Waals surface area contributed by atoms with Gasteiger partial charge in [-0.15, -0.1) is 11.3 Å². The van der Waals surface area contributed by atoms with Crippen LogP contribution in [-0.4, -0.2) is 50.5 Å². The number of aromatic nitrogens is 4.